The number of H-pyrrole nitrogens is 1. The van der Waals surface area contributed by atoms with E-state index in [1.54, 1.807) is 18.3 Å². The molecule has 0 bridgehead atoms. The van der Waals surface area contributed by atoms with E-state index in [4.69, 9.17) is 11.6 Å². The SMILES string of the molecule is O=c1[nH]c(-c2ccc(Cl)cc2)nc2c1CN(Cc1cncc(Br)c1)CC2. The Bertz CT molecular complexity index is 1000. The minimum atomic E-state index is -0.0722. The summed E-state index contributed by atoms with van der Waals surface area (Å²) in [5.41, 5.74) is 3.53. The van der Waals surface area contributed by atoms with Crippen molar-refractivity contribution < 1.29 is 0 Å². The number of benzene rings is 1. The van der Waals surface area contributed by atoms with Crippen molar-refractivity contribution in [3.05, 3.63) is 79.4 Å². The van der Waals surface area contributed by atoms with Gasteiger partial charge in [-0.15, -0.1) is 0 Å². The molecule has 0 radical (unpaired) electrons. The molecule has 1 aliphatic heterocycles. The van der Waals surface area contributed by atoms with Crippen molar-refractivity contribution in [1.29, 1.82) is 0 Å². The Labute approximate surface area is 164 Å². The maximum atomic E-state index is 12.6. The van der Waals surface area contributed by atoms with Gasteiger partial charge in [-0.2, -0.15) is 0 Å². The summed E-state index contributed by atoms with van der Waals surface area (Å²) in [4.78, 5) is 26.6. The molecule has 4 rings (SSSR count). The average molecular weight is 432 g/mol. The van der Waals surface area contributed by atoms with Crippen LogP contribution in [0.2, 0.25) is 5.02 Å². The molecule has 0 unspecified atom stereocenters. The third-order valence-electron chi connectivity index (χ3n) is 4.43. The summed E-state index contributed by atoms with van der Waals surface area (Å²) in [6.45, 7) is 2.20. The predicted octanol–water partition coefficient (Wildman–Crippen LogP) is 3.81. The Hall–Kier alpha value is -2.02. The second-order valence-corrected chi connectivity index (χ2v) is 7.67. The third kappa shape index (κ3) is 3.72. The van der Waals surface area contributed by atoms with Gasteiger partial charge in [-0.1, -0.05) is 11.6 Å². The zero-order chi connectivity index (χ0) is 18.1. The lowest BCUT2D eigenvalue weighted by atomic mass is 10.1. The Morgan fingerprint density at radius 1 is 1.23 bits per heavy atom. The molecule has 7 heteroatoms. The molecule has 0 spiro atoms. The minimum absolute atomic E-state index is 0.0722. The Morgan fingerprint density at radius 3 is 2.81 bits per heavy atom. The van der Waals surface area contributed by atoms with Crippen LogP contribution in [0.25, 0.3) is 11.4 Å². The van der Waals surface area contributed by atoms with Gasteiger partial charge in [0.1, 0.15) is 5.82 Å². The Kier molecular flexibility index (Phi) is 4.89. The van der Waals surface area contributed by atoms with Crippen LogP contribution < -0.4 is 5.56 Å². The van der Waals surface area contributed by atoms with Crippen LogP contribution >= 0.6 is 27.5 Å². The molecule has 1 aromatic carbocycles. The van der Waals surface area contributed by atoms with Crippen LogP contribution in [0.4, 0.5) is 0 Å². The highest BCUT2D eigenvalue weighted by Gasteiger charge is 2.21. The molecule has 0 saturated heterocycles. The van der Waals surface area contributed by atoms with Crippen molar-refractivity contribution in [2.45, 2.75) is 19.5 Å². The van der Waals surface area contributed by atoms with E-state index in [2.05, 4.69) is 41.8 Å². The van der Waals surface area contributed by atoms with Crippen molar-refractivity contribution in [2.24, 2.45) is 0 Å². The molecular weight excluding hydrogens is 416 g/mol. The van der Waals surface area contributed by atoms with E-state index in [1.165, 1.54) is 0 Å². The number of rotatable bonds is 3. The van der Waals surface area contributed by atoms with Gasteiger partial charge in [-0.05, 0) is 51.8 Å². The fourth-order valence-electron chi connectivity index (χ4n) is 3.16. The van der Waals surface area contributed by atoms with Crippen molar-refractivity contribution >= 4 is 27.5 Å². The van der Waals surface area contributed by atoms with E-state index in [1.807, 2.05) is 18.3 Å². The number of aromatic amines is 1. The summed E-state index contributed by atoms with van der Waals surface area (Å²) < 4.78 is 0.958. The molecule has 1 N–H and O–H groups in total. The van der Waals surface area contributed by atoms with E-state index in [0.29, 0.717) is 17.4 Å². The molecular formula is C19H16BrClN4O. The number of halogens is 2. The molecule has 132 valence electrons. The van der Waals surface area contributed by atoms with Crippen molar-refractivity contribution in [1.82, 2.24) is 19.9 Å². The van der Waals surface area contributed by atoms with Gasteiger partial charge < -0.3 is 4.98 Å². The van der Waals surface area contributed by atoms with Crippen molar-refractivity contribution in [2.75, 3.05) is 6.54 Å². The van der Waals surface area contributed by atoms with E-state index >= 15 is 0 Å². The van der Waals surface area contributed by atoms with E-state index < -0.39 is 0 Å². The topological polar surface area (TPSA) is 61.9 Å². The normalized spacial score (nSPS) is 14.2. The monoisotopic (exact) mass is 430 g/mol. The first-order valence-corrected chi connectivity index (χ1v) is 9.45. The zero-order valence-corrected chi connectivity index (χ0v) is 16.2. The summed E-state index contributed by atoms with van der Waals surface area (Å²) in [5, 5.41) is 0.659. The largest absolute Gasteiger partial charge is 0.306 e. The maximum Gasteiger partial charge on any atom is 0.255 e. The molecule has 0 fully saturated rings. The third-order valence-corrected chi connectivity index (χ3v) is 5.12. The highest BCUT2D eigenvalue weighted by Crippen LogP contribution is 2.21. The van der Waals surface area contributed by atoms with Crippen LogP contribution in [-0.4, -0.2) is 26.4 Å². The lowest BCUT2D eigenvalue weighted by Gasteiger charge is -2.27. The first kappa shape index (κ1) is 17.4. The number of fused-ring (bicyclic) bond motifs is 1. The molecule has 0 aliphatic carbocycles. The molecule has 3 heterocycles. The summed E-state index contributed by atoms with van der Waals surface area (Å²) >= 11 is 9.38. The first-order chi connectivity index (χ1) is 12.6. The van der Waals surface area contributed by atoms with E-state index in [-0.39, 0.29) is 5.56 Å². The van der Waals surface area contributed by atoms with Crippen LogP contribution in [0, 0.1) is 0 Å². The van der Waals surface area contributed by atoms with Gasteiger partial charge in [0, 0.05) is 53.5 Å². The predicted molar refractivity (Wildman–Crippen MR) is 105 cm³/mol. The molecule has 3 aromatic rings. The van der Waals surface area contributed by atoms with Gasteiger partial charge in [0.05, 0.1) is 11.3 Å². The minimum Gasteiger partial charge on any atom is -0.306 e. The van der Waals surface area contributed by atoms with Crippen LogP contribution in [0.3, 0.4) is 0 Å². The molecule has 5 nitrogen and oxygen atoms in total. The smallest absolute Gasteiger partial charge is 0.255 e. The second kappa shape index (κ2) is 7.31. The second-order valence-electron chi connectivity index (χ2n) is 6.32. The number of nitrogens with zero attached hydrogens (tertiary/aromatic N) is 3. The standard InChI is InChI=1S/C19H16BrClN4O/c20-14-7-12(8-22-9-14)10-25-6-5-17-16(11-25)19(26)24-18(23-17)13-1-3-15(21)4-2-13/h1-4,7-9H,5-6,10-11H2,(H,23,24,26). The molecule has 2 aromatic heterocycles. The van der Waals surface area contributed by atoms with Gasteiger partial charge in [0.15, 0.2) is 0 Å². The fraction of sp³-hybridized carbons (Fsp3) is 0.211. The van der Waals surface area contributed by atoms with Gasteiger partial charge in [0.2, 0.25) is 0 Å². The van der Waals surface area contributed by atoms with E-state index in [9.17, 15) is 4.79 Å². The van der Waals surface area contributed by atoms with Gasteiger partial charge >= 0.3 is 0 Å². The van der Waals surface area contributed by atoms with Crippen LogP contribution in [0.5, 0.6) is 0 Å². The molecule has 0 atom stereocenters. The Morgan fingerprint density at radius 2 is 2.04 bits per heavy atom. The van der Waals surface area contributed by atoms with Gasteiger partial charge in [-0.3, -0.25) is 14.7 Å². The van der Waals surface area contributed by atoms with Gasteiger partial charge in [0.25, 0.3) is 5.56 Å². The van der Waals surface area contributed by atoms with Crippen LogP contribution in [0.15, 0.2) is 52.0 Å². The number of hydrogen-bond donors (Lipinski definition) is 1. The van der Waals surface area contributed by atoms with Crippen LogP contribution in [-0.2, 0) is 19.5 Å². The quantitative estimate of drug-likeness (QED) is 0.685. The highest BCUT2D eigenvalue weighted by atomic mass is 79.9. The zero-order valence-electron chi connectivity index (χ0n) is 13.9. The average Bonchev–Trinajstić information content (AvgIpc) is 2.63. The van der Waals surface area contributed by atoms with Gasteiger partial charge in [-0.25, -0.2) is 4.98 Å². The highest BCUT2D eigenvalue weighted by molar-refractivity contribution is 9.10. The summed E-state index contributed by atoms with van der Waals surface area (Å²) in [5.74, 6) is 0.593. The number of pyridine rings is 1. The fourth-order valence-corrected chi connectivity index (χ4v) is 3.70. The maximum absolute atomic E-state index is 12.6. The summed E-state index contributed by atoms with van der Waals surface area (Å²) in [6.07, 6.45) is 4.37. The molecule has 0 saturated carbocycles. The molecule has 0 amide bonds. The number of hydrogen-bond acceptors (Lipinski definition) is 4. The van der Waals surface area contributed by atoms with Crippen molar-refractivity contribution in [3.8, 4) is 11.4 Å². The number of nitrogens with one attached hydrogen (secondary N) is 1. The first-order valence-electron chi connectivity index (χ1n) is 8.28. The summed E-state index contributed by atoms with van der Waals surface area (Å²) in [7, 11) is 0. The lowest BCUT2D eigenvalue weighted by Crippen LogP contribution is -2.35. The summed E-state index contributed by atoms with van der Waals surface area (Å²) in [6, 6.07) is 9.37. The van der Waals surface area contributed by atoms with Crippen molar-refractivity contribution in [3.63, 3.8) is 0 Å². The van der Waals surface area contributed by atoms with E-state index in [0.717, 1.165) is 46.4 Å². The van der Waals surface area contributed by atoms with Crippen LogP contribution in [0.1, 0.15) is 16.8 Å². The molecule has 26 heavy (non-hydrogen) atoms. The number of aromatic nitrogens is 3. The Balaban J connectivity index is 1.58. The molecule has 1 aliphatic rings. The lowest BCUT2D eigenvalue weighted by molar-refractivity contribution is 0.241.